The van der Waals surface area contributed by atoms with Gasteiger partial charge in [0, 0.05) is 38.8 Å². The highest BCUT2D eigenvalue weighted by atomic mass is 32.1. The molecule has 3 heterocycles. The lowest BCUT2D eigenvalue weighted by molar-refractivity contribution is 0.436. The summed E-state index contributed by atoms with van der Waals surface area (Å²) < 4.78 is 13.0. The van der Waals surface area contributed by atoms with Gasteiger partial charge in [0.25, 0.3) is 0 Å². The highest BCUT2D eigenvalue weighted by Crippen LogP contribution is 2.27. The molecule has 32 heavy (non-hydrogen) atoms. The second-order valence-electron chi connectivity index (χ2n) is 8.88. The van der Waals surface area contributed by atoms with Gasteiger partial charge >= 0.3 is 0 Å². The maximum Gasteiger partial charge on any atom is 0.232 e. The van der Waals surface area contributed by atoms with Crippen LogP contribution in [0.15, 0.2) is 30.3 Å². The molecular weight excluding hydrogens is 423 g/mol. The Balaban J connectivity index is 1.35. The van der Waals surface area contributed by atoms with Gasteiger partial charge in [-0.1, -0.05) is 19.1 Å². The maximum absolute atomic E-state index is 13.0. The molecule has 0 atom stereocenters. The molecule has 2 aromatic rings. The molecule has 2 fully saturated rings. The van der Waals surface area contributed by atoms with E-state index in [0.29, 0.717) is 11.1 Å². The average molecular weight is 457 g/mol. The van der Waals surface area contributed by atoms with E-state index in [1.807, 2.05) is 12.1 Å². The standard InChI is InChI=1S/C24H33FN6S/c1-18-10-15-31(16-11-18)22-17-21(30-13-2-3-14-30)27-23(28-22)29-24(32)26-12-4-5-19-6-8-20(25)9-7-19/h6-9,17-18H,2-5,10-16H2,1H3,(H2,26,27,28,29,32). The quantitative estimate of drug-likeness (QED) is 0.474. The molecule has 172 valence electrons. The van der Waals surface area contributed by atoms with E-state index in [4.69, 9.17) is 22.2 Å². The number of rotatable bonds is 7. The summed E-state index contributed by atoms with van der Waals surface area (Å²) >= 11 is 5.50. The van der Waals surface area contributed by atoms with Crippen molar-refractivity contribution < 1.29 is 4.39 Å². The minimum Gasteiger partial charge on any atom is -0.362 e. The molecule has 0 saturated carbocycles. The number of thiocarbonyl (C=S) groups is 1. The van der Waals surface area contributed by atoms with E-state index in [1.54, 1.807) is 0 Å². The van der Waals surface area contributed by atoms with Crippen molar-refractivity contribution in [3.63, 3.8) is 0 Å². The number of halogens is 1. The van der Waals surface area contributed by atoms with Gasteiger partial charge in [0.2, 0.25) is 5.95 Å². The predicted octanol–water partition coefficient (Wildman–Crippen LogP) is 4.37. The number of nitrogens with zero attached hydrogens (tertiary/aromatic N) is 4. The predicted molar refractivity (Wildman–Crippen MR) is 133 cm³/mol. The fourth-order valence-electron chi connectivity index (χ4n) is 4.28. The average Bonchev–Trinajstić information content (AvgIpc) is 3.33. The second kappa shape index (κ2) is 10.9. The molecule has 0 radical (unpaired) electrons. The van der Waals surface area contributed by atoms with Crippen molar-refractivity contribution in [3.8, 4) is 0 Å². The summed E-state index contributed by atoms with van der Waals surface area (Å²) in [5.41, 5.74) is 1.12. The van der Waals surface area contributed by atoms with Crippen molar-refractivity contribution in [3.05, 3.63) is 41.7 Å². The zero-order valence-corrected chi connectivity index (χ0v) is 19.6. The number of anilines is 3. The van der Waals surface area contributed by atoms with Gasteiger partial charge in [-0.2, -0.15) is 9.97 Å². The molecule has 0 spiro atoms. The van der Waals surface area contributed by atoms with Crippen molar-refractivity contribution >= 4 is 34.9 Å². The normalized spacial score (nSPS) is 16.9. The number of hydrogen-bond acceptors (Lipinski definition) is 5. The molecule has 0 aliphatic carbocycles. The Kier molecular flexibility index (Phi) is 7.73. The monoisotopic (exact) mass is 456 g/mol. The fraction of sp³-hybridized carbons (Fsp3) is 0.542. The van der Waals surface area contributed by atoms with E-state index in [0.717, 1.165) is 68.7 Å². The summed E-state index contributed by atoms with van der Waals surface area (Å²) in [4.78, 5) is 14.3. The Morgan fingerprint density at radius 3 is 2.31 bits per heavy atom. The van der Waals surface area contributed by atoms with Crippen LogP contribution in [-0.2, 0) is 6.42 Å². The molecule has 0 amide bonds. The van der Waals surface area contributed by atoms with Gasteiger partial charge < -0.3 is 20.4 Å². The molecule has 4 rings (SSSR count). The minimum atomic E-state index is -0.202. The zero-order chi connectivity index (χ0) is 22.3. The topological polar surface area (TPSA) is 56.3 Å². The number of aryl methyl sites for hydroxylation is 1. The first-order valence-electron chi connectivity index (χ1n) is 11.7. The van der Waals surface area contributed by atoms with E-state index in [2.05, 4.69) is 33.4 Å². The fourth-order valence-corrected chi connectivity index (χ4v) is 4.47. The molecule has 2 saturated heterocycles. The molecule has 0 unspecified atom stereocenters. The van der Waals surface area contributed by atoms with Gasteiger partial charge in [-0.05, 0) is 74.4 Å². The number of hydrogen-bond donors (Lipinski definition) is 2. The van der Waals surface area contributed by atoms with Crippen molar-refractivity contribution in [2.24, 2.45) is 5.92 Å². The van der Waals surface area contributed by atoms with Crippen molar-refractivity contribution in [1.82, 2.24) is 15.3 Å². The van der Waals surface area contributed by atoms with Gasteiger partial charge in [0.1, 0.15) is 17.5 Å². The smallest absolute Gasteiger partial charge is 0.232 e. The number of piperidine rings is 1. The minimum absolute atomic E-state index is 0.202. The third-order valence-corrected chi connectivity index (χ3v) is 6.55. The first kappa shape index (κ1) is 22.7. The van der Waals surface area contributed by atoms with Crippen molar-refractivity contribution in [2.75, 3.05) is 47.8 Å². The van der Waals surface area contributed by atoms with Crippen LogP contribution in [0.1, 0.15) is 44.6 Å². The number of nitrogens with one attached hydrogen (secondary N) is 2. The second-order valence-corrected chi connectivity index (χ2v) is 9.29. The Morgan fingerprint density at radius 2 is 1.66 bits per heavy atom. The molecule has 2 N–H and O–H groups in total. The molecule has 2 aliphatic heterocycles. The van der Waals surface area contributed by atoms with Crippen molar-refractivity contribution in [1.29, 1.82) is 0 Å². The van der Waals surface area contributed by atoms with Crippen LogP contribution in [0.3, 0.4) is 0 Å². The molecule has 0 bridgehead atoms. The van der Waals surface area contributed by atoms with Gasteiger partial charge in [0.15, 0.2) is 5.11 Å². The van der Waals surface area contributed by atoms with Crippen LogP contribution >= 0.6 is 12.2 Å². The van der Waals surface area contributed by atoms with E-state index in [9.17, 15) is 4.39 Å². The van der Waals surface area contributed by atoms with E-state index in [-0.39, 0.29) is 5.82 Å². The summed E-state index contributed by atoms with van der Waals surface area (Å²) in [6.45, 7) is 7.19. The highest BCUT2D eigenvalue weighted by molar-refractivity contribution is 7.80. The van der Waals surface area contributed by atoms with Crippen LogP contribution in [0.4, 0.5) is 22.0 Å². The van der Waals surface area contributed by atoms with Crippen LogP contribution in [0, 0.1) is 11.7 Å². The molecule has 8 heteroatoms. The number of benzene rings is 1. The molecular formula is C24H33FN6S. The van der Waals surface area contributed by atoms with Crippen LogP contribution in [-0.4, -0.2) is 47.8 Å². The van der Waals surface area contributed by atoms with E-state index >= 15 is 0 Å². The SMILES string of the molecule is CC1CCN(c2cc(N3CCCC3)nc(NC(=S)NCCCc3ccc(F)cc3)n2)CC1. The summed E-state index contributed by atoms with van der Waals surface area (Å²) in [5, 5.41) is 6.97. The lowest BCUT2D eigenvalue weighted by Gasteiger charge is -2.32. The van der Waals surface area contributed by atoms with Crippen LogP contribution in [0.5, 0.6) is 0 Å². The Hall–Kier alpha value is -2.48. The molecule has 1 aromatic heterocycles. The highest BCUT2D eigenvalue weighted by Gasteiger charge is 2.21. The lowest BCUT2D eigenvalue weighted by atomic mass is 9.99. The van der Waals surface area contributed by atoms with E-state index in [1.165, 1.54) is 37.8 Å². The van der Waals surface area contributed by atoms with Gasteiger partial charge in [-0.3, -0.25) is 0 Å². The third-order valence-electron chi connectivity index (χ3n) is 6.30. The molecule has 6 nitrogen and oxygen atoms in total. The zero-order valence-electron chi connectivity index (χ0n) is 18.8. The Morgan fingerprint density at radius 1 is 1.03 bits per heavy atom. The van der Waals surface area contributed by atoms with Gasteiger partial charge in [-0.25, -0.2) is 4.39 Å². The number of aromatic nitrogens is 2. The maximum atomic E-state index is 13.0. The van der Waals surface area contributed by atoms with Gasteiger partial charge in [0.05, 0.1) is 0 Å². The third kappa shape index (κ3) is 6.28. The molecule has 1 aromatic carbocycles. The van der Waals surface area contributed by atoms with Crippen LogP contribution < -0.4 is 20.4 Å². The summed E-state index contributed by atoms with van der Waals surface area (Å²) in [6, 6.07) is 8.78. The van der Waals surface area contributed by atoms with Gasteiger partial charge in [-0.15, -0.1) is 0 Å². The largest absolute Gasteiger partial charge is 0.362 e. The Bertz CT molecular complexity index is 892. The Labute approximate surface area is 195 Å². The lowest BCUT2D eigenvalue weighted by Crippen LogP contribution is -2.34. The van der Waals surface area contributed by atoms with Crippen molar-refractivity contribution in [2.45, 2.75) is 45.4 Å². The first-order chi connectivity index (χ1) is 15.6. The summed E-state index contributed by atoms with van der Waals surface area (Å²) in [6.07, 6.45) is 6.57. The van der Waals surface area contributed by atoms with Crippen LogP contribution in [0.25, 0.3) is 0 Å². The van der Waals surface area contributed by atoms with Crippen LogP contribution in [0.2, 0.25) is 0 Å². The molecule has 2 aliphatic rings. The summed E-state index contributed by atoms with van der Waals surface area (Å²) in [5.74, 6) is 3.09. The van der Waals surface area contributed by atoms with E-state index < -0.39 is 0 Å². The summed E-state index contributed by atoms with van der Waals surface area (Å²) in [7, 11) is 0. The first-order valence-corrected chi connectivity index (χ1v) is 12.2.